The molecule has 1 heterocycles. The molecule has 0 spiro atoms. The van der Waals surface area contributed by atoms with Crippen LogP contribution in [0, 0.1) is 0 Å². The van der Waals surface area contributed by atoms with E-state index in [1.807, 2.05) is 13.8 Å². The molecule has 1 aliphatic rings. The number of rotatable bonds is 2. The Bertz CT molecular complexity index is 197. The van der Waals surface area contributed by atoms with Crippen LogP contribution in [0.1, 0.15) is 13.8 Å². The lowest BCUT2D eigenvalue weighted by atomic mass is 10.2. The number of nitrogens with zero attached hydrogens (tertiary/aromatic N) is 1. The second-order valence-electron chi connectivity index (χ2n) is 3.48. The van der Waals surface area contributed by atoms with Gasteiger partial charge in [0.1, 0.15) is 6.61 Å². The normalized spacial score (nSPS) is 27.5. The predicted octanol–water partition coefficient (Wildman–Crippen LogP) is 0.224. The molecule has 0 radical (unpaired) electrons. The molecule has 0 aliphatic carbocycles. The van der Waals surface area contributed by atoms with E-state index in [4.69, 9.17) is 14.6 Å². The predicted molar refractivity (Wildman–Crippen MR) is 50.0 cm³/mol. The molecule has 1 fully saturated rings. The zero-order valence-corrected chi connectivity index (χ0v) is 8.60. The first-order valence-corrected chi connectivity index (χ1v) is 4.81. The molecule has 5 heteroatoms. The minimum absolute atomic E-state index is 0.0393. The Morgan fingerprint density at radius 1 is 1.64 bits per heavy atom. The second kappa shape index (κ2) is 5.17. The van der Waals surface area contributed by atoms with E-state index in [9.17, 15) is 4.79 Å². The largest absolute Gasteiger partial charge is 0.447 e. The number of hydrogen-bond donors (Lipinski definition) is 1. The van der Waals surface area contributed by atoms with Gasteiger partial charge in [0.15, 0.2) is 0 Å². The molecular formula is C9H17NO4. The Kier molecular flexibility index (Phi) is 4.16. The molecule has 1 rings (SSSR count). The molecule has 1 amide bonds. The van der Waals surface area contributed by atoms with Gasteiger partial charge in [-0.2, -0.15) is 0 Å². The Hall–Kier alpha value is -0.810. The highest BCUT2D eigenvalue weighted by molar-refractivity contribution is 5.68. The van der Waals surface area contributed by atoms with Crippen LogP contribution < -0.4 is 0 Å². The zero-order chi connectivity index (χ0) is 10.6. The highest BCUT2D eigenvalue weighted by atomic mass is 16.6. The Balaban J connectivity index is 2.43. The number of aliphatic hydroxyl groups excluding tert-OH is 1. The summed E-state index contributed by atoms with van der Waals surface area (Å²) in [4.78, 5) is 13.1. The standard InChI is InChI=1S/C9H17NO4/c1-7-6-14-8(2)5-10(7)9(12)13-4-3-11/h7-8,11H,3-6H2,1-2H3. The summed E-state index contributed by atoms with van der Waals surface area (Å²) in [7, 11) is 0. The van der Waals surface area contributed by atoms with Gasteiger partial charge in [0.05, 0.1) is 31.9 Å². The summed E-state index contributed by atoms with van der Waals surface area (Å²) in [6.45, 7) is 4.82. The first-order chi connectivity index (χ1) is 6.65. The highest BCUT2D eigenvalue weighted by Gasteiger charge is 2.28. The van der Waals surface area contributed by atoms with E-state index >= 15 is 0 Å². The van der Waals surface area contributed by atoms with E-state index < -0.39 is 0 Å². The van der Waals surface area contributed by atoms with Crippen molar-refractivity contribution in [2.24, 2.45) is 0 Å². The maximum Gasteiger partial charge on any atom is 0.410 e. The average molecular weight is 203 g/mol. The topological polar surface area (TPSA) is 59.0 Å². The number of carbonyl (C=O) groups is 1. The number of morpholine rings is 1. The molecule has 2 atom stereocenters. The van der Waals surface area contributed by atoms with E-state index in [1.54, 1.807) is 4.90 Å². The van der Waals surface area contributed by atoms with Crippen LogP contribution >= 0.6 is 0 Å². The molecule has 82 valence electrons. The number of hydrogen-bond acceptors (Lipinski definition) is 4. The summed E-state index contributed by atoms with van der Waals surface area (Å²) >= 11 is 0. The Morgan fingerprint density at radius 3 is 3.00 bits per heavy atom. The lowest BCUT2D eigenvalue weighted by molar-refractivity contribution is -0.0466. The van der Waals surface area contributed by atoms with Crippen molar-refractivity contribution in [1.82, 2.24) is 4.90 Å². The molecule has 1 saturated heterocycles. The van der Waals surface area contributed by atoms with Gasteiger partial charge >= 0.3 is 6.09 Å². The average Bonchev–Trinajstić information content (AvgIpc) is 2.18. The van der Waals surface area contributed by atoms with Gasteiger partial charge in [0.2, 0.25) is 0 Å². The monoisotopic (exact) mass is 203 g/mol. The summed E-state index contributed by atoms with van der Waals surface area (Å²) in [5, 5.41) is 8.51. The van der Waals surface area contributed by atoms with E-state index in [2.05, 4.69) is 0 Å². The fourth-order valence-electron chi connectivity index (χ4n) is 1.37. The first kappa shape index (κ1) is 11.3. The summed E-state index contributed by atoms with van der Waals surface area (Å²) < 4.78 is 10.2. The van der Waals surface area contributed by atoms with E-state index in [0.29, 0.717) is 13.2 Å². The Labute approximate surface area is 83.6 Å². The minimum Gasteiger partial charge on any atom is -0.447 e. The van der Waals surface area contributed by atoms with E-state index in [1.165, 1.54) is 0 Å². The summed E-state index contributed by atoms with van der Waals surface area (Å²) in [6, 6.07) is 0.0393. The third-order valence-electron chi connectivity index (χ3n) is 2.16. The number of aliphatic hydroxyl groups is 1. The molecule has 0 bridgehead atoms. The summed E-state index contributed by atoms with van der Waals surface area (Å²) in [5.41, 5.74) is 0. The van der Waals surface area contributed by atoms with Gasteiger partial charge in [0, 0.05) is 0 Å². The molecule has 0 saturated carbocycles. The lowest BCUT2D eigenvalue weighted by Crippen LogP contribution is -2.50. The first-order valence-electron chi connectivity index (χ1n) is 4.81. The highest BCUT2D eigenvalue weighted by Crippen LogP contribution is 2.12. The molecule has 1 N–H and O–H groups in total. The summed E-state index contributed by atoms with van der Waals surface area (Å²) in [5.74, 6) is 0. The molecule has 1 aliphatic heterocycles. The van der Waals surface area contributed by atoms with Gasteiger partial charge in [-0.25, -0.2) is 4.79 Å². The number of ether oxygens (including phenoxy) is 2. The SMILES string of the molecule is CC1CN(C(=O)OCCO)C(C)CO1. The maximum absolute atomic E-state index is 11.4. The van der Waals surface area contributed by atoms with Crippen molar-refractivity contribution < 1.29 is 19.4 Å². The third kappa shape index (κ3) is 2.85. The van der Waals surface area contributed by atoms with Crippen LogP contribution in [0.5, 0.6) is 0 Å². The van der Waals surface area contributed by atoms with Crippen LogP contribution in [-0.2, 0) is 9.47 Å². The van der Waals surface area contributed by atoms with Crippen LogP contribution in [0.2, 0.25) is 0 Å². The van der Waals surface area contributed by atoms with Gasteiger partial charge in [-0.1, -0.05) is 0 Å². The van der Waals surface area contributed by atoms with Crippen LogP contribution in [0.4, 0.5) is 4.79 Å². The van der Waals surface area contributed by atoms with Gasteiger partial charge in [-0.15, -0.1) is 0 Å². The zero-order valence-electron chi connectivity index (χ0n) is 8.60. The lowest BCUT2D eigenvalue weighted by Gasteiger charge is -2.35. The van der Waals surface area contributed by atoms with Crippen LogP contribution in [0.25, 0.3) is 0 Å². The number of carbonyl (C=O) groups excluding carboxylic acids is 1. The van der Waals surface area contributed by atoms with Gasteiger partial charge in [-0.3, -0.25) is 0 Å². The quantitative estimate of drug-likeness (QED) is 0.697. The van der Waals surface area contributed by atoms with Crippen LogP contribution in [0.15, 0.2) is 0 Å². The van der Waals surface area contributed by atoms with Crippen LogP contribution in [-0.4, -0.2) is 54.6 Å². The fraction of sp³-hybridized carbons (Fsp3) is 0.889. The van der Waals surface area contributed by atoms with Crippen molar-refractivity contribution in [2.45, 2.75) is 26.0 Å². The van der Waals surface area contributed by atoms with Crippen LogP contribution in [0.3, 0.4) is 0 Å². The minimum atomic E-state index is -0.373. The molecule has 2 unspecified atom stereocenters. The Morgan fingerprint density at radius 2 is 2.36 bits per heavy atom. The second-order valence-corrected chi connectivity index (χ2v) is 3.48. The molecular weight excluding hydrogens is 186 g/mol. The smallest absolute Gasteiger partial charge is 0.410 e. The van der Waals surface area contributed by atoms with Crippen molar-refractivity contribution >= 4 is 6.09 Å². The van der Waals surface area contributed by atoms with Gasteiger partial charge < -0.3 is 19.5 Å². The molecule has 14 heavy (non-hydrogen) atoms. The fourth-order valence-corrected chi connectivity index (χ4v) is 1.37. The van der Waals surface area contributed by atoms with Crippen molar-refractivity contribution in [3.8, 4) is 0 Å². The maximum atomic E-state index is 11.4. The van der Waals surface area contributed by atoms with Crippen molar-refractivity contribution in [2.75, 3.05) is 26.4 Å². The summed E-state index contributed by atoms with van der Waals surface area (Å²) in [6.07, 6.45) is -0.324. The van der Waals surface area contributed by atoms with Crippen molar-refractivity contribution in [1.29, 1.82) is 0 Å². The molecule has 0 aromatic heterocycles. The molecule has 0 aromatic carbocycles. The van der Waals surface area contributed by atoms with Gasteiger partial charge in [-0.05, 0) is 13.8 Å². The number of amides is 1. The van der Waals surface area contributed by atoms with E-state index in [0.717, 1.165) is 0 Å². The van der Waals surface area contributed by atoms with Crippen molar-refractivity contribution in [3.05, 3.63) is 0 Å². The molecule has 5 nitrogen and oxygen atoms in total. The van der Waals surface area contributed by atoms with Crippen molar-refractivity contribution in [3.63, 3.8) is 0 Å². The van der Waals surface area contributed by atoms with Gasteiger partial charge in [0.25, 0.3) is 0 Å². The third-order valence-corrected chi connectivity index (χ3v) is 2.16. The van der Waals surface area contributed by atoms with E-state index in [-0.39, 0.29) is 31.5 Å². The molecule has 0 aromatic rings.